The zero-order chi connectivity index (χ0) is 15.6. The normalized spacial score (nSPS) is 13.2. The predicted octanol–water partition coefficient (Wildman–Crippen LogP) is 4.16. The number of rotatable bonds is 3. The highest BCUT2D eigenvalue weighted by Gasteiger charge is 2.31. The van der Waals surface area contributed by atoms with E-state index in [0.717, 1.165) is 12.1 Å². The molecule has 0 radical (unpaired) electrons. The Kier molecular flexibility index (Phi) is 4.65. The maximum atomic E-state index is 13.4. The molecule has 0 amide bonds. The lowest BCUT2D eigenvalue weighted by Gasteiger charge is -2.19. The Hall–Kier alpha value is -1.44. The summed E-state index contributed by atoms with van der Waals surface area (Å²) in [4.78, 5) is 0. The van der Waals surface area contributed by atoms with Crippen molar-refractivity contribution in [2.45, 2.75) is 12.2 Å². The third kappa shape index (κ3) is 3.61. The molecule has 0 heterocycles. The SMILES string of the molecule is NNC(c1cccc(C(F)(F)F)c1)c1cc(F)ccc1Br. The lowest BCUT2D eigenvalue weighted by molar-refractivity contribution is -0.137. The first-order valence-corrected chi connectivity index (χ1v) is 6.70. The summed E-state index contributed by atoms with van der Waals surface area (Å²) in [6.07, 6.45) is -4.45. The molecular weight excluding hydrogens is 352 g/mol. The molecule has 0 spiro atoms. The highest BCUT2D eigenvalue weighted by atomic mass is 79.9. The predicted molar refractivity (Wildman–Crippen MR) is 74.7 cm³/mol. The fourth-order valence-electron chi connectivity index (χ4n) is 2.00. The van der Waals surface area contributed by atoms with Gasteiger partial charge in [-0.25, -0.2) is 9.82 Å². The quantitative estimate of drug-likeness (QED) is 0.488. The van der Waals surface area contributed by atoms with E-state index >= 15 is 0 Å². The number of nitrogens with one attached hydrogen (secondary N) is 1. The number of halogens is 5. The Bertz CT molecular complexity index is 643. The van der Waals surface area contributed by atoms with E-state index in [1.807, 2.05) is 0 Å². The molecular formula is C14H11BrF4N2. The summed E-state index contributed by atoms with van der Waals surface area (Å²) in [6, 6.07) is 7.91. The Balaban J connectivity index is 2.49. The van der Waals surface area contributed by atoms with E-state index in [-0.39, 0.29) is 0 Å². The molecule has 21 heavy (non-hydrogen) atoms. The van der Waals surface area contributed by atoms with Crippen LogP contribution in [0.1, 0.15) is 22.7 Å². The second kappa shape index (κ2) is 6.13. The summed E-state index contributed by atoms with van der Waals surface area (Å²) in [5, 5.41) is 0. The second-order valence-corrected chi connectivity index (χ2v) is 5.24. The number of alkyl halides is 3. The van der Waals surface area contributed by atoms with Crippen LogP contribution >= 0.6 is 15.9 Å². The van der Waals surface area contributed by atoms with E-state index in [1.54, 1.807) is 0 Å². The molecule has 0 bridgehead atoms. The molecule has 0 saturated heterocycles. The van der Waals surface area contributed by atoms with Crippen molar-refractivity contribution in [2.24, 2.45) is 5.84 Å². The molecule has 2 aromatic rings. The van der Waals surface area contributed by atoms with Crippen LogP contribution in [0, 0.1) is 5.82 Å². The smallest absolute Gasteiger partial charge is 0.271 e. The fourth-order valence-corrected chi connectivity index (χ4v) is 2.47. The molecule has 3 N–H and O–H groups in total. The Morgan fingerprint density at radius 2 is 1.81 bits per heavy atom. The molecule has 0 aliphatic rings. The van der Waals surface area contributed by atoms with Crippen LogP contribution in [-0.4, -0.2) is 0 Å². The number of hydrogen-bond acceptors (Lipinski definition) is 2. The molecule has 0 aromatic heterocycles. The van der Waals surface area contributed by atoms with Crippen LogP contribution < -0.4 is 11.3 Å². The first-order chi connectivity index (χ1) is 9.82. The summed E-state index contributed by atoms with van der Waals surface area (Å²) in [7, 11) is 0. The number of hydrazine groups is 1. The van der Waals surface area contributed by atoms with Crippen LogP contribution in [-0.2, 0) is 6.18 Å². The lowest BCUT2D eigenvalue weighted by atomic mass is 9.97. The van der Waals surface area contributed by atoms with Crippen molar-refractivity contribution in [3.8, 4) is 0 Å². The van der Waals surface area contributed by atoms with Crippen LogP contribution in [0.2, 0.25) is 0 Å². The number of benzene rings is 2. The van der Waals surface area contributed by atoms with Gasteiger partial charge in [0.2, 0.25) is 0 Å². The monoisotopic (exact) mass is 362 g/mol. The molecule has 2 rings (SSSR count). The standard InChI is InChI=1S/C14H11BrF4N2/c15-12-5-4-10(16)7-11(12)13(21-20)8-2-1-3-9(6-8)14(17,18)19/h1-7,13,21H,20H2. The number of hydrogen-bond donors (Lipinski definition) is 2. The molecule has 112 valence electrons. The molecule has 0 aliphatic carbocycles. The van der Waals surface area contributed by atoms with Crippen LogP contribution in [0.15, 0.2) is 46.9 Å². The van der Waals surface area contributed by atoms with Crippen LogP contribution in [0.4, 0.5) is 17.6 Å². The minimum Gasteiger partial charge on any atom is -0.271 e. The van der Waals surface area contributed by atoms with Gasteiger partial charge in [-0.3, -0.25) is 5.84 Å². The van der Waals surface area contributed by atoms with Gasteiger partial charge in [-0.05, 0) is 41.5 Å². The van der Waals surface area contributed by atoms with Gasteiger partial charge in [0.1, 0.15) is 5.82 Å². The van der Waals surface area contributed by atoms with Crippen molar-refractivity contribution in [2.75, 3.05) is 0 Å². The van der Waals surface area contributed by atoms with E-state index in [9.17, 15) is 17.6 Å². The summed E-state index contributed by atoms with van der Waals surface area (Å²) in [6.45, 7) is 0. The molecule has 0 fully saturated rings. The Morgan fingerprint density at radius 3 is 2.43 bits per heavy atom. The van der Waals surface area contributed by atoms with Gasteiger partial charge in [-0.15, -0.1) is 0 Å². The summed E-state index contributed by atoms with van der Waals surface area (Å²) < 4.78 is 52.2. The Morgan fingerprint density at radius 1 is 1.10 bits per heavy atom. The van der Waals surface area contributed by atoms with Crippen LogP contribution in [0.3, 0.4) is 0 Å². The largest absolute Gasteiger partial charge is 0.416 e. The molecule has 1 unspecified atom stereocenters. The van der Waals surface area contributed by atoms with E-state index in [0.29, 0.717) is 15.6 Å². The zero-order valence-electron chi connectivity index (χ0n) is 10.6. The van der Waals surface area contributed by atoms with Crippen LogP contribution in [0.25, 0.3) is 0 Å². The molecule has 0 aliphatic heterocycles. The van der Waals surface area contributed by atoms with Gasteiger partial charge < -0.3 is 0 Å². The van der Waals surface area contributed by atoms with E-state index < -0.39 is 23.6 Å². The van der Waals surface area contributed by atoms with Gasteiger partial charge in [0.25, 0.3) is 0 Å². The maximum absolute atomic E-state index is 13.4. The van der Waals surface area contributed by atoms with E-state index in [1.165, 1.54) is 30.3 Å². The van der Waals surface area contributed by atoms with Crippen molar-refractivity contribution in [3.63, 3.8) is 0 Å². The van der Waals surface area contributed by atoms with Crippen molar-refractivity contribution < 1.29 is 17.6 Å². The maximum Gasteiger partial charge on any atom is 0.416 e. The molecule has 0 saturated carbocycles. The molecule has 2 aromatic carbocycles. The van der Waals surface area contributed by atoms with Crippen molar-refractivity contribution in [3.05, 3.63) is 69.4 Å². The third-order valence-electron chi connectivity index (χ3n) is 2.98. The van der Waals surface area contributed by atoms with Crippen molar-refractivity contribution >= 4 is 15.9 Å². The average Bonchev–Trinajstić information content (AvgIpc) is 2.43. The minimum absolute atomic E-state index is 0.290. The lowest BCUT2D eigenvalue weighted by Crippen LogP contribution is -2.29. The molecule has 7 heteroatoms. The molecule has 2 nitrogen and oxygen atoms in total. The van der Waals surface area contributed by atoms with Crippen LogP contribution in [0.5, 0.6) is 0 Å². The Labute approximate surface area is 127 Å². The van der Waals surface area contributed by atoms with Gasteiger partial charge in [0.05, 0.1) is 11.6 Å². The van der Waals surface area contributed by atoms with E-state index in [2.05, 4.69) is 21.4 Å². The zero-order valence-corrected chi connectivity index (χ0v) is 12.2. The fraction of sp³-hybridized carbons (Fsp3) is 0.143. The van der Waals surface area contributed by atoms with Gasteiger partial charge in [0, 0.05) is 4.47 Å². The number of nitrogens with two attached hydrogens (primary N) is 1. The topological polar surface area (TPSA) is 38.0 Å². The van der Waals surface area contributed by atoms with Gasteiger partial charge >= 0.3 is 6.18 Å². The highest BCUT2D eigenvalue weighted by Crippen LogP contribution is 2.33. The second-order valence-electron chi connectivity index (χ2n) is 4.39. The first kappa shape index (κ1) is 15.9. The van der Waals surface area contributed by atoms with Gasteiger partial charge in [-0.1, -0.05) is 28.1 Å². The summed E-state index contributed by atoms with van der Waals surface area (Å²) in [5.74, 6) is 4.94. The highest BCUT2D eigenvalue weighted by molar-refractivity contribution is 9.10. The van der Waals surface area contributed by atoms with Crippen molar-refractivity contribution in [1.82, 2.24) is 5.43 Å². The molecule has 1 atom stereocenters. The summed E-state index contributed by atoms with van der Waals surface area (Å²) >= 11 is 3.24. The minimum atomic E-state index is -4.45. The van der Waals surface area contributed by atoms with E-state index in [4.69, 9.17) is 5.84 Å². The third-order valence-corrected chi connectivity index (χ3v) is 3.71. The van der Waals surface area contributed by atoms with Gasteiger partial charge in [0.15, 0.2) is 0 Å². The van der Waals surface area contributed by atoms with Gasteiger partial charge in [-0.2, -0.15) is 13.2 Å². The summed E-state index contributed by atoms with van der Waals surface area (Å²) in [5.41, 5.74) is 2.34. The van der Waals surface area contributed by atoms with Crippen molar-refractivity contribution in [1.29, 1.82) is 0 Å². The average molecular weight is 363 g/mol. The first-order valence-electron chi connectivity index (χ1n) is 5.91.